The summed E-state index contributed by atoms with van der Waals surface area (Å²) in [7, 11) is 0. The molecule has 2 aromatic rings. The lowest BCUT2D eigenvalue weighted by atomic mass is 10.3. The number of ether oxygens (including phenoxy) is 1. The van der Waals surface area contributed by atoms with Crippen LogP contribution in [0.2, 0.25) is 0 Å². The van der Waals surface area contributed by atoms with Crippen LogP contribution in [0.4, 0.5) is 0 Å². The summed E-state index contributed by atoms with van der Waals surface area (Å²) in [6, 6.07) is 7.00. The Morgan fingerprint density at radius 3 is 3.06 bits per heavy atom. The highest BCUT2D eigenvalue weighted by Crippen LogP contribution is 2.11. The Bertz CT molecular complexity index is 528. The van der Waals surface area contributed by atoms with Crippen molar-refractivity contribution in [1.82, 2.24) is 10.1 Å². The monoisotopic (exact) mass is 215 g/mol. The van der Waals surface area contributed by atoms with Gasteiger partial charge in [0.15, 0.2) is 0 Å². The number of hydrogen-bond donors (Lipinski definition) is 0. The molecule has 0 saturated heterocycles. The van der Waals surface area contributed by atoms with Crippen molar-refractivity contribution >= 4 is 0 Å². The van der Waals surface area contributed by atoms with Gasteiger partial charge in [-0.05, 0) is 13.0 Å². The van der Waals surface area contributed by atoms with E-state index in [4.69, 9.17) is 14.5 Å². The zero-order valence-corrected chi connectivity index (χ0v) is 8.67. The lowest BCUT2D eigenvalue weighted by Gasteiger charge is -2.01. The first-order valence-corrected chi connectivity index (χ1v) is 4.69. The van der Waals surface area contributed by atoms with Crippen LogP contribution < -0.4 is 4.74 Å². The summed E-state index contributed by atoms with van der Waals surface area (Å²) in [6.45, 7) is 2.09. The van der Waals surface area contributed by atoms with Crippen LogP contribution in [0.25, 0.3) is 0 Å². The molecule has 2 rings (SSSR count). The van der Waals surface area contributed by atoms with E-state index in [9.17, 15) is 0 Å². The van der Waals surface area contributed by atoms with Crippen LogP contribution in [0.15, 0.2) is 28.9 Å². The number of hydrogen-bond acceptors (Lipinski definition) is 5. The molecular formula is C11H9N3O2. The van der Waals surface area contributed by atoms with E-state index in [-0.39, 0.29) is 6.61 Å². The van der Waals surface area contributed by atoms with Crippen LogP contribution in [-0.4, -0.2) is 10.1 Å². The van der Waals surface area contributed by atoms with Gasteiger partial charge >= 0.3 is 0 Å². The zero-order chi connectivity index (χ0) is 11.4. The highest BCUT2D eigenvalue weighted by atomic mass is 16.5. The molecule has 0 radical (unpaired) electrons. The zero-order valence-electron chi connectivity index (χ0n) is 8.67. The molecule has 5 heteroatoms. The first-order valence-electron chi connectivity index (χ1n) is 4.69. The Balaban J connectivity index is 2.02. The van der Waals surface area contributed by atoms with Crippen molar-refractivity contribution in [1.29, 1.82) is 5.26 Å². The molecule has 2 aromatic heterocycles. The Morgan fingerprint density at radius 1 is 1.50 bits per heavy atom. The first kappa shape index (κ1) is 10.2. The molecule has 0 aromatic carbocycles. The minimum atomic E-state index is 0.277. The fourth-order valence-electron chi connectivity index (χ4n) is 1.19. The third-order valence-electron chi connectivity index (χ3n) is 1.91. The molecule has 0 aliphatic carbocycles. The number of nitriles is 1. The summed E-state index contributed by atoms with van der Waals surface area (Å²) < 4.78 is 10.3. The van der Waals surface area contributed by atoms with Gasteiger partial charge in [0.05, 0.1) is 11.6 Å². The maximum atomic E-state index is 8.69. The summed E-state index contributed by atoms with van der Waals surface area (Å²) in [5, 5.41) is 12.5. The van der Waals surface area contributed by atoms with Gasteiger partial charge in [-0.2, -0.15) is 5.26 Å². The van der Waals surface area contributed by atoms with Crippen molar-refractivity contribution < 1.29 is 9.26 Å². The Kier molecular flexibility index (Phi) is 2.83. The second-order valence-corrected chi connectivity index (χ2v) is 3.21. The number of aryl methyl sites for hydroxylation is 1. The highest BCUT2D eigenvalue weighted by Gasteiger charge is 2.02. The van der Waals surface area contributed by atoms with Gasteiger partial charge in [-0.3, -0.25) is 0 Å². The van der Waals surface area contributed by atoms with Gasteiger partial charge < -0.3 is 9.26 Å². The van der Waals surface area contributed by atoms with Crippen LogP contribution in [0, 0.1) is 18.3 Å². The first-order chi connectivity index (χ1) is 7.78. The van der Waals surface area contributed by atoms with Gasteiger partial charge in [0.2, 0.25) is 5.88 Å². The molecule has 16 heavy (non-hydrogen) atoms. The predicted molar refractivity (Wildman–Crippen MR) is 54.5 cm³/mol. The predicted octanol–water partition coefficient (Wildman–Crippen LogP) is 1.83. The van der Waals surface area contributed by atoms with Gasteiger partial charge in [0, 0.05) is 18.3 Å². The van der Waals surface area contributed by atoms with Crippen molar-refractivity contribution in [2.45, 2.75) is 13.5 Å². The Hall–Kier alpha value is -2.35. The summed E-state index contributed by atoms with van der Waals surface area (Å²) in [5.74, 6) is 1.14. The minimum Gasteiger partial charge on any atom is -0.471 e. The summed E-state index contributed by atoms with van der Waals surface area (Å²) in [4.78, 5) is 3.98. The van der Waals surface area contributed by atoms with Crippen LogP contribution >= 0.6 is 0 Å². The normalized spacial score (nSPS) is 9.75. The second-order valence-electron chi connectivity index (χ2n) is 3.21. The van der Waals surface area contributed by atoms with Gasteiger partial charge in [0.25, 0.3) is 0 Å². The molecule has 0 unspecified atom stereocenters. The average Bonchev–Trinajstić information content (AvgIpc) is 2.73. The van der Waals surface area contributed by atoms with Gasteiger partial charge in [0.1, 0.15) is 18.1 Å². The lowest BCUT2D eigenvalue weighted by Crippen LogP contribution is -1.97. The largest absolute Gasteiger partial charge is 0.471 e. The van der Waals surface area contributed by atoms with E-state index in [1.165, 1.54) is 6.20 Å². The van der Waals surface area contributed by atoms with Crippen molar-refractivity contribution in [2.75, 3.05) is 0 Å². The topological polar surface area (TPSA) is 71.9 Å². The summed E-state index contributed by atoms with van der Waals surface area (Å²) in [6.07, 6.45) is 1.53. The van der Waals surface area contributed by atoms with E-state index >= 15 is 0 Å². The molecule has 5 nitrogen and oxygen atoms in total. The molecule has 0 spiro atoms. The molecule has 80 valence electrons. The number of rotatable bonds is 3. The number of aromatic nitrogens is 2. The maximum Gasteiger partial charge on any atom is 0.214 e. The molecule has 0 saturated carbocycles. The van der Waals surface area contributed by atoms with Gasteiger partial charge in [-0.1, -0.05) is 5.16 Å². The van der Waals surface area contributed by atoms with E-state index in [1.807, 2.05) is 13.0 Å². The molecule has 0 aliphatic rings. The van der Waals surface area contributed by atoms with Crippen LogP contribution in [-0.2, 0) is 6.61 Å². The minimum absolute atomic E-state index is 0.277. The van der Waals surface area contributed by atoms with Crippen molar-refractivity contribution in [3.8, 4) is 11.9 Å². The molecule has 0 fully saturated rings. The van der Waals surface area contributed by atoms with Crippen LogP contribution in [0.1, 0.15) is 17.0 Å². The number of nitrogens with zero attached hydrogens (tertiary/aromatic N) is 3. The molecular weight excluding hydrogens is 206 g/mol. The lowest BCUT2D eigenvalue weighted by molar-refractivity contribution is 0.277. The number of pyridine rings is 1. The Labute approximate surface area is 92.3 Å². The fourth-order valence-corrected chi connectivity index (χ4v) is 1.19. The van der Waals surface area contributed by atoms with Crippen molar-refractivity contribution in [2.24, 2.45) is 0 Å². The smallest absolute Gasteiger partial charge is 0.214 e. The van der Waals surface area contributed by atoms with Gasteiger partial charge in [-0.25, -0.2) is 4.98 Å². The molecule has 0 N–H and O–H groups in total. The third kappa shape index (κ3) is 2.36. The average molecular weight is 215 g/mol. The fraction of sp³-hybridized carbons (Fsp3) is 0.182. The summed E-state index contributed by atoms with van der Waals surface area (Å²) >= 11 is 0. The molecule has 0 aliphatic heterocycles. The standard InChI is InChI=1S/C11H9N3O2/c1-8-4-10(14-16-8)7-15-11-5-9(6-12)2-3-13-11/h2-5H,7H2,1H3. The Morgan fingerprint density at radius 2 is 2.38 bits per heavy atom. The van der Waals surface area contributed by atoms with Crippen LogP contribution in [0.3, 0.4) is 0 Å². The maximum absolute atomic E-state index is 8.69. The van der Waals surface area contributed by atoms with Gasteiger partial charge in [-0.15, -0.1) is 0 Å². The molecule has 2 heterocycles. The third-order valence-corrected chi connectivity index (χ3v) is 1.91. The van der Waals surface area contributed by atoms with E-state index in [0.717, 1.165) is 5.76 Å². The van der Waals surface area contributed by atoms with Crippen molar-refractivity contribution in [3.05, 3.63) is 41.4 Å². The SMILES string of the molecule is Cc1cc(COc2cc(C#N)ccn2)no1. The van der Waals surface area contributed by atoms with E-state index < -0.39 is 0 Å². The molecule has 0 amide bonds. The highest BCUT2D eigenvalue weighted by molar-refractivity contribution is 5.31. The molecule has 0 bridgehead atoms. The van der Waals surface area contributed by atoms with Crippen molar-refractivity contribution in [3.63, 3.8) is 0 Å². The molecule has 0 atom stereocenters. The van der Waals surface area contributed by atoms with E-state index in [1.54, 1.807) is 18.2 Å². The van der Waals surface area contributed by atoms with E-state index in [0.29, 0.717) is 17.1 Å². The second kappa shape index (κ2) is 4.45. The van der Waals surface area contributed by atoms with Crippen LogP contribution in [0.5, 0.6) is 5.88 Å². The quantitative estimate of drug-likeness (QED) is 0.780. The summed E-state index contributed by atoms with van der Waals surface area (Å²) in [5.41, 5.74) is 1.21. The van der Waals surface area contributed by atoms with E-state index in [2.05, 4.69) is 10.1 Å².